The van der Waals surface area contributed by atoms with E-state index in [1.807, 2.05) is 82.3 Å². The smallest absolute Gasteiger partial charge is 0.0594 e. The van der Waals surface area contributed by atoms with Crippen LogP contribution in [-0.4, -0.2) is 32.6 Å². The first-order valence-electron chi connectivity index (χ1n) is 13.7. The van der Waals surface area contributed by atoms with Crippen molar-refractivity contribution in [3.8, 4) is 0 Å². The number of aliphatic hydroxyl groups is 3. The fourth-order valence-electron chi connectivity index (χ4n) is 3.72. The van der Waals surface area contributed by atoms with E-state index < -0.39 is 11.2 Å². The minimum absolute atomic E-state index is 0. The van der Waals surface area contributed by atoms with Gasteiger partial charge in [0, 0.05) is 8.96 Å². The van der Waals surface area contributed by atoms with Crippen LogP contribution in [0.1, 0.15) is 107 Å². The molecule has 0 radical (unpaired) electrons. The third-order valence-corrected chi connectivity index (χ3v) is 5.79. The van der Waals surface area contributed by atoms with Gasteiger partial charge in [-0.2, -0.15) is 0 Å². The van der Waals surface area contributed by atoms with Crippen molar-refractivity contribution >= 4 is 6.08 Å². The Morgan fingerprint density at radius 2 is 1.31 bits per heavy atom. The summed E-state index contributed by atoms with van der Waals surface area (Å²) < 4.78 is 0. The molecule has 3 heteroatoms. The summed E-state index contributed by atoms with van der Waals surface area (Å²) in [5.74, 6) is 0.908. The molecular weight excluding hydrogens is 444 g/mol. The molecule has 0 bridgehead atoms. The first-order chi connectivity index (χ1) is 16.8. The van der Waals surface area contributed by atoms with E-state index in [1.165, 1.54) is 49.7 Å². The molecule has 2 aromatic carbocycles. The maximum Gasteiger partial charge on any atom is 0.0594 e. The van der Waals surface area contributed by atoms with Crippen LogP contribution in [0.25, 0.3) is 6.08 Å². The van der Waals surface area contributed by atoms with Gasteiger partial charge in [-0.3, -0.25) is 0 Å². The van der Waals surface area contributed by atoms with Crippen molar-refractivity contribution in [1.82, 2.24) is 0 Å². The van der Waals surface area contributed by atoms with Gasteiger partial charge >= 0.3 is 0 Å². The van der Waals surface area contributed by atoms with Crippen LogP contribution in [0, 0.1) is 5.92 Å². The van der Waals surface area contributed by atoms with Crippen LogP contribution in [-0.2, 0) is 6.42 Å². The van der Waals surface area contributed by atoms with Crippen LogP contribution >= 0.6 is 0 Å². The highest BCUT2D eigenvalue weighted by atomic mass is 16.3. The first-order valence-corrected chi connectivity index (χ1v) is 13.7. The predicted octanol–water partition coefficient (Wildman–Crippen LogP) is 8.72. The summed E-state index contributed by atoms with van der Waals surface area (Å²) in [6.07, 6.45) is 12.7. The maximum atomic E-state index is 9.55. The first kappa shape index (κ1) is 34.1. The summed E-state index contributed by atoms with van der Waals surface area (Å²) in [5, 5.41) is 27.1. The summed E-state index contributed by atoms with van der Waals surface area (Å²) in [6.45, 7) is 14.6. The molecule has 0 aliphatic heterocycles. The molecule has 3 N–H and O–H groups in total. The average molecular weight is 505 g/mol. The summed E-state index contributed by atoms with van der Waals surface area (Å²) in [6, 6.07) is 20.3. The molecule has 1 aliphatic carbocycles. The fraction of sp³-hybridized carbons (Fsp3) is 0.576. The summed E-state index contributed by atoms with van der Waals surface area (Å²) in [7, 11) is 0. The summed E-state index contributed by atoms with van der Waals surface area (Å²) in [4.78, 5) is 0. The molecule has 1 saturated carbocycles. The Kier molecular flexibility index (Phi) is 18.2. The number of rotatable bonds is 7. The molecule has 0 heterocycles. The molecule has 208 valence electrons. The highest BCUT2D eigenvalue weighted by molar-refractivity contribution is 5.45. The summed E-state index contributed by atoms with van der Waals surface area (Å²) in [5.41, 5.74) is 1.47. The monoisotopic (exact) mass is 504 g/mol. The van der Waals surface area contributed by atoms with Crippen LogP contribution in [0.3, 0.4) is 0 Å². The van der Waals surface area contributed by atoms with Crippen molar-refractivity contribution in [3.63, 3.8) is 0 Å². The van der Waals surface area contributed by atoms with Gasteiger partial charge in [0.15, 0.2) is 0 Å². The Bertz CT molecular complexity index is 758. The van der Waals surface area contributed by atoms with E-state index in [9.17, 15) is 10.2 Å². The minimum atomic E-state index is -0.546. The normalized spacial score (nSPS) is 13.8. The van der Waals surface area contributed by atoms with Gasteiger partial charge in [0.05, 0.1) is 11.2 Å². The molecule has 36 heavy (non-hydrogen) atoms. The topological polar surface area (TPSA) is 60.7 Å². The van der Waals surface area contributed by atoms with Crippen LogP contribution in [0.4, 0.5) is 0 Å². The molecule has 0 saturated heterocycles. The molecule has 0 spiro atoms. The van der Waals surface area contributed by atoms with Gasteiger partial charge in [0.1, 0.15) is 0 Å². The second-order valence-corrected chi connectivity index (χ2v) is 11.4. The van der Waals surface area contributed by atoms with Crippen molar-refractivity contribution in [2.24, 2.45) is 5.92 Å². The molecule has 2 aromatic rings. The second-order valence-electron chi connectivity index (χ2n) is 11.4. The lowest BCUT2D eigenvalue weighted by atomic mass is 9.84. The fourth-order valence-corrected chi connectivity index (χ4v) is 3.72. The summed E-state index contributed by atoms with van der Waals surface area (Å²) >= 11 is 0. The molecule has 0 amide bonds. The SMILES string of the molecule is C=Cc1ccccc1.CC(C)(O)CCC1CCCCC1.CC(C)(O)CCc1ccccc1.CC(C)O.[3HH].[HH]. The van der Waals surface area contributed by atoms with Crippen molar-refractivity contribution in [3.05, 3.63) is 78.4 Å². The highest BCUT2D eigenvalue weighted by Crippen LogP contribution is 2.29. The van der Waals surface area contributed by atoms with Gasteiger partial charge in [-0.1, -0.05) is 105 Å². The van der Waals surface area contributed by atoms with E-state index in [-0.39, 0.29) is 8.96 Å². The van der Waals surface area contributed by atoms with E-state index >= 15 is 0 Å². The molecule has 3 nitrogen and oxygen atoms in total. The Morgan fingerprint density at radius 3 is 1.69 bits per heavy atom. The lowest BCUT2D eigenvalue weighted by Gasteiger charge is -2.25. The number of hydrogen-bond donors (Lipinski definition) is 3. The Balaban J connectivity index is -0.000000447. The standard InChI is InChI=1S/C11H22O.C11H16O.C8H8.C3H8O.2H2/c2*1-11(2,12)9-8-10-6-4-3-5-7-10;1-2-8-6-4-3-5-7-8;1-3(2)4;;/h10,12H,3-9H2,1-2H3;3-7,12H,8-9H2,1-2H3;2-7H,1H2;3-4H,1-2H3;2*1H/i;;;;1+2;. The average Bonchev–Trinajstić information content (AvgIpc) is 2.83. The van der Waals surface area contributed by atoms with Crippen LogP contribution in [0.5, 0.6) is 0 Å². The quantitative estimate of drug-likeness (QED) is 0.353. The molecule has 0 unspecified atom stereocenters. The molecular formula is C33H58O3. The van der Waals surface area contributed by atoms with Crippen LogP contribution in [0.15, 0.2) is 67.2 Å². The molecule has 1 aliphatic rings. The van der Waals surface area contributed by atoms with Gasteiger partial charge in [-0.05, 0) is 84.3 Å². The lowest BCUT2D eigenvalue weighted by molar-refractivity contribution is 0.0612. The van der Waals surface area contributed by atoms with E-state index in [0.29, 0.717) is 0 Å². The van der Waals surface area contributed by atoms with E-state index in [1.54, 1.807) is 13.8 Å². The Hall–Kier alpha value is -1.94. The number of hydrogen-bond acceptors (Lipinski definition) is 3. The van der Waals surface area contributed by atoms with Gasteiger partial charge in [0.25, 0.3) is 0 Å². The van der Waals surface area contributed by atoms with E-state index in [2.05, 4.69) is 18.7 Å². The lowest BCUT2D eigenvalue weighted by Crippen LogP contribution is -2.20. The predicted molar refractivity (Wildman–Crippen MR) is 161 cm³/mol. The zero-order valence-electron chi connectivity index (χ0n) is 23.9. The largest absolute Gasteiger partial charge is 0.394 e. The van der Waals surface area contributed by atoms with Gasteiger partial charge in [0.2, 0.25) is 0 Å². The van der Waals surface area contributed by atoms with Crippen molar-refractivity contribution in [2.45, 2.75) is 117 Å². The van der Waals surface area contributed by atoms with Gasteiger partial charge in [-0.15, -0.1) is 0 Å². The maximum absolute atomic E-state index is 9.55. The zero-order chi connectivity index (χ0) is 27.5. The Morgan fingerprint density at radius 1 is 0.861 bits per heavy atom. The third kappa shape index (κ3) is 23.8. The van der Waals surface area contributed by atoms with Gasteiger partial charge in [-0.25, -0.2) is 0 Å². The van der Waals surface area contributed by atoms with Crippen molar-refractivity contribution in [2.75, 3.05) is 0 Å². The van der Waals surface area contributed by atoms with E-state index in [4.69, 9.17) is 5.11 Å². The van der Waals surface area contributed by atoms with E-state index in [0.717, 1.165) is 25.2 Å². The minimum Gasteiger partial charge on any atom is -0.394 e. The van der Waals surface area contributed by atoms with Crippen LogP contribution < -0.4 is 0 Å². The Labute approximate surface area is 225 Å². The molecule has 1 fully saturated rings. The zero-order valence-corrected chi connectivity index (χ0v) is 23.9. The number of aliphatic hydroxyl groups excluding tert-OH is 1. The molecule has 3 rings (SSSR count). The van der Waals surface area contributed by atoms with Crippen molar-refractivity contribution < 1.29 is 18.2 Å². The number of aryl methyl sites for hydroxylation is 1. The molecule has 0 aromatic heterocycles. The van der Waals surface area contributed by atoms with Crippen LogP contribution in [0.2, 0.25) is 0 Å². The van der Waals surface area contributed by atoms with Crippen molar-refractivity contribution in [1.29, 1.82) is 0 Å². The third-order valence-electron chi connectivity index (χ3n) is 5.79. The second kappa shape index (κ2) is 19.2. The van der Waals surface area contributed by atoms with Gasteiger partial charge < -0.3 is 15.3 Å². The number of benzene rings is 2. The molecule has 0 atom stereocenters. The highest BCUT2D eigenvalue weighted by Gasteiger charge is 2.18.